The van der Waals surface area contributed by atoms with Gasteiger partial charge in [0.05, 0.1) is 17.4 Å². The lowest BCUT2D eigenvalue weighted by atomic mass is 9.55. The quantitative estimate of drug-likeness (QED) is 0.618. The highest BCUT2D eigenvalue weighted by molar-refractivity contribution is 7.98. The van der Waals surface area contributed by atoms with Crippen molar-refractivity contribution < 1.29 is 41.8 Å². The zero-order chi connectivity index (χ0) is 19.8. The van der Waals surface area contributed by atoms with Gasteiger partial charge in [-0.05, 0) is 31.3 Å². The van der Waals surface area contributed by atoms with Gasteiger partial charge < -0.3 is 19.8 Å². The summed E-state index contributed by atoms with van der Waals surface area (Å²) in [5.41, 5.74) is -7.46. The summed E-state index contributed by atoms with van der Waals surface area (Å²) in [6.45, 7) is 1.78. The van der Waals surface area contributed by atoms with E-state index in [2.05, 4.69) is 4.99 Å². The Hall–Kier alpha value is -1.39. The minimum absolute atomic E-state index is 0.440. The summed E-state index contributed by atoms with van der Waals surface area (Å²) in [4.78, 5) is 26.3. The summed E-state index contributed by atoms with van der Waals surface area (Å²) in [6, 6.07) is -2.58. The number of hydrogen-bond donors (Lipinski definition) is 0. The minimum Gasteiger partial charge on any atom is -0.549 e. The van der Waals surface area contributed by atoms with E-state index in [0.717, 1.165) is 11.8 Å². The summed E-state index contributed by atoms with van der Waals surface area (Å²) < 4.78 is 67.0. The Bertz CT molecular complexity index is 582. The molecule has 0 saturated carbocycles. The molecular weight excluding hydrogens is 373 g/mol. The number of aliphatic imine (C=N–C) groups is 1. The number of nitrogens with zero attached hydrogens (tertiary/aromatic N) is 1. The number of carboxylic acids is 2. The van der Waals surface area contributed by atoms with E-state index in [1.54, 1.807) is 0 Å². The largest absolute Gasteiger partial charge is 0.549 e. The van der Waals surface area contributed by atoms with E-state index in [-0.39, 0.29) is 0 Å². The highest BCUT2D eigenvalue weighted by Crippen LogP contribution is 2.55. The average Bonchev–Trinajstić information content (AvgIpc) is 2.46. The van der Waals surface area contributed by atoms with Crippen molar-refractivity contribution in [1.82, 2.24) is 0 Å². The summed E-state index contributed by atoms with van der Waals surface area (Å²) in [5, 5.41) is 23.4. The van der Waals surface area contributed by atoms with Gasteiger partial charge in [0.2, 0.25) is 0 Å². The molecule has 1 aliphatic rings. The SMILES string of the molecule is CCC1(C(=O)[O-])C(C(F)F)N=C(C(F)(F)F)C(C)(C(=O)[O-])C1CSC. The molecule has 0 aromatic rings. The predicted octanol–water partition coefficient (Wildman–Crippen LogP) is 0.519. The smallest absolute Gasteiger partial charge is 0.430 e. The molecular formula is C14H16F5NO4S-2. The standard InChI is InChI=1S/C14H18F5NO4S/c1-4-13(11(23)24)6(5-25-3)12(2,10(21)22)9(14(17,18)19)20-7(13)8(15)16/h6-8H,4-5H2,1-3H3,(H,21,22)(H,23,24)/p-2. The molecule has 0 saturated heterocycles. The first-order chi connectivity index (χ1) is 11.3. The van der Waals surface area contributed by atoms with Crippen LogP contribution in [0.1, 0.15) is 20.3 Å². The monoisotopic (exact) mass is 389 g/mol. The molecule has 0 aliphatic carbocycles. The molecule has 0 N–H and O–H groups in total. The van der Waals surface area contributed by atoms with Crippen molar-refractivity contribution in [3.63, 3.8) is 0 Å². The lowest BCUT2D eigenvalue weighted by molar-refractivity contribution is -0.333. The van der Waals surface area contributed by atoms with Crippen LogP contribution >= 0.6 is 11.8 Å². The van der Waals surface area contributed by atoms with Crippen molar-refractivity contribution in [2.24, 2.45) is 21.7 Å². The molecule has 4 atom stereocenters. The van der Waals surface area contributed by atoms with Crippen LogP contribution in [0.5, 0.6) is 0 Å². The van der Waals surface area contributed by atoms with Gasteiger partial charge in [-0.1, -0.05) is 6.92 Å². The molecule has 5 nitrogen and oxygen atoms in total. The van der Waals surface area contributed by atoms with Crippen LogP contribution < -0.4 is 10.2 Å². The average molecular weight is 389 g/mol. The van der Waals surface area contributed by atoms with Crippen LogP contribution in [0.3, 0.4) is 0 Å². The van der Waals surface area contributed by atoms with Crippen LogP contribution in [0.2, 0.25) is 0 Å². The van der Waals surface area contributed by atoms with E-state index in [4.69, 9.17) is 0 Å². The molecule has 25 heavy (non-hydrogen) atoms. The summed E-state index contributed by atoms with van der Waals surface area (Å²) >= 11 is 0.840. The Morgan fingerprint density at radius 2 is 1.80 bits per heavy atom. The molecule has 1 rings (SSSR count). The Morgan fingerprint density at radius 3 is 2.08 bits per heavy atom. The third kappa shape index (κ3) is 3.22. The lowest BCUT2D eigenvalue weighted by Crippen LogP contribution is -2.69. The maximum absolute atomic E-state index is 13.5. The molecule has 1 aliphatic heterocycles. The van der Waals surface area contributed by atoms with Gasteiger partial charge in [0.15, 0.2) is 0 Å². The van der Waals surface area contributed by atoms with Gasteiger partial charge in [-0.2, -0.15) is 24.9 Å². The van der Waals surface area contributed by atoms with E-state index in [9.17, 15) is 41.8 Å². The van der Waals surface area contributed by atoms with Crippen molar-refractivity contribution in [2.45, 2.75) is 38.9 Å². The maximum Gasteiger partial charge on any atom is 0.430 e. The van der Waals surface area contributed by atoms with Gasteiger partial charge in [0, 0.05) is 5.41 Å². The molecule has 0 bridgehead atoms. The van der Waals surface area contributed by atoms with Gasteiger partial charge >= 0.3 is 6.18 Å². The van der Waals surface area contributed by atoms with Crippen molar-refractivity contribution in [1.29, 1.82) is 0 Å². The molecule has 0 spiro atoms. The predicted molar refractivity (Wildman–Crippen MR) is 76.0 cm³/mol. The van der Waals surface area contributed by atoms with Gasteiger partial charge in [-0.3, -0.25) is 4.99 Å². The second-order valence-electron chi connectivity index (χ2n) is 5.93. The topological polar surface area (TPSA) is 92.6 Å². The van der Waals surface area contributed by atoms with E-state index in [1.165, 1.54) is 13.2 Å². The first-order valence-electron chi connectivity index (χ1n) is 7.17. The number of halogens is 5. The van der Waals surface area contributed by atoms with Crippen molar-refractivity contribution >= 4 is 29.4 Å². The summed E-state index contributed by atoms with van der Waals surface area (Å²) in [7, 11) is 0. The van der Waals surface area contributed by atoms with Gasteiger partial charge in [0.1, 0.15) is 11.8 Å². The number of aliphatic carboxylic acids is 2. The summed E-state index contributed by atoms with van der Waals surface area (Å²) in [5.74, 6) is -6.58. The Morgan fingerprint density at radius 1 is 1.28 bits per heavy atom. The van der Waals surface area contributed by atoms with Crippen LogP contribution in [0, 0.1) is 16.7 Å². The van der Waals surface area contributed by atoms with Crippen LogP contribution in [0.15, 0.2) is 4.99 Å². The Labute approximate surface area is 144 Å². The van der Waals surface area contributed by atoms with Crippen molar-refractivity contribution in [3.05, 3.63) is 0 Å². The fourth-order valence-electron chi connectivity index (χ4n) is 3.51. The number of carbonyl (C=O) groups is 2. The highest BCUT2D eigenvalue weighted by Gasteiger charge is 2.65. The molecule has 0 aromatic carbocycles. The Kier molecular flexibility index (Phi) is 6.13. The molecule has 11 heteroatoms. The van der Waals surface area contributed by atoms with Gasteiger partial charge in [-0.25, -0.2) is 8.78 Å². The first-order valence-corrected chi connectivity index (χ1v) is 8.56. The van der Waals surface area contributed by atoms with E-state index in [1.807, 2.05) is 0 Å². The third-order valence-corrected chi connectivity index (χ3v) is 5.50. The fraction of sp³-hybridized carbons (Fsp3) is 0.786. The van der Waals surface area contributed by atoms with Gasteiger partial charge in [0.25, 0.3) is 6.43 Å². The zero-order valence-electron chi connectivity index (χ0n) is 13.5. The van der Waals surface area contributed by atoms with Crippen LogP contribution in [0.25, 0.3) is 0 Å². The van der Waals surface area contributed by atoms with Crippen molar-refractivity contribution in [3.8, 4) is 0 Å². The molecule has 0 aromatic heterocycles. The van der Waals surface area contributed by atoms with Crippen LogP contribution in [0.4, 0.5) is 22.0 Å². The number of carboxylic acid groups (broad SMARTS) is 2. The lowest BCUT2D eigenvalue weighted by Gasteiger charge is -2.56. The highest BCUT2D eigenvalue weighted by atomic mass is 32.2. The van der Waals surface area contributed by atoms with Crippen molar-refractivity contribution in [2.75, 3.05) is 12.0 Å². The summed E-state index contributed by atoms with van der Waals surface area (Å²) in [6.07, 6.45) is -8.08. The maximum atomic E-state index is 13.5. The zero-order valence-corrected chi connectivity index (χ0v) is 14.3. The molecule has 0 fully saturated rings. The fourth-order valence-corrected chi connectivity index (χ4v) is 4.47. The molecule has 0 amide bonds. The Balaban J connectivity index is 3.95. The number of alkyl halides is 5. The van der Waals surface area contributed by atoms with E-state index < -0.39 is 65.2 Å². The normalized spacial score (nSPS) is 33.2. The second-order valence-corrected chi connectivity index (χ2v) is 6.84. The van der Waals surface area contributed by atoms with Crippen LogP contribution in [-0.2, 0) is 9.59 Å². The number of carbonyl (C=O) groups excluding carboxylic acids is 2. The second kappa shape index (κ2) is 7.08. The first kappa shape index (κ1) is 21.7. The van der Waals surface area contributed by atoms with E-state index >= 15 is 0 Å². The number of thioether (sulfide) groups is 1. The number of hydrogen-bond acceptors (Lipinski definition) is 6. The minimum atomic E-state index is -5.34. The van der Waals surface area contributed by atoms with E-state index in [0.29, 0.717) is 6.92 Å². The third-order valence-electron chi connectivity index (χ3n) is 4.84. The number of rotatable bonds is 6. The molecule has 0 radical (unpaired) electrons. The van der Waals surface area contributed by atoms with Crippen LogP contribution in [-0.4, -0.2) is 48.3 Å². The molecule has 4 unspecified atom stereocenters. The molecule has 1 heterocycles. The molecule has 144 valence electrons. The van der Waals surface area contributed by atoms with Gasteiger partial charge in [-0.15, -0.1) is 0 Å².